The van der Waals surface area contributed by atoms with Crippen molar-refractivity contribution in [2.24, 2.45) is 0 Å². The van der Waals surface area contributed by atoms with Gasteiger partial charge < -0.3 is 0 Å². The van der Waals surface area contributed by atoms with Gasteiger partial charge in [0.25, 0.3) is 0 Å². The van der Waals surface area contributed by atoms with E-state index < -0.39 is 7.92 Å². The van der Waals surface area contributed by atoms with Crippen LogP contribution in [-0.4, -0.2) is 47.3 Å². The maximum atomic E-state index is 4.61. The van der Waals surface area contributed by atoms with E-state index >= 15 is 0 Å². The Morgan fingerprint density at radius 1 is 0.750 bits per heavy atom. The van der Waals surface area contributed by atoms with Crippen LogP contribution in [0.5, 0.6) is 0 Å². The molecule has 0 bridgehead atoms. The van der Waals surface area contributed by atoms with Gasteiger partial charge in [0.1, 0.15) is 0 Å². The number of hydrogen-bond acceptors (Lipinski definition) is 1. The minimum absolute atomic E-state index is 0.446. The number of hydrogen-bond donors (Lipinski definition) is 0. The van der Waals surface area contributed by atoms with E-state index in [4.69, 9.17) is 0 Å². The summed E-state index contributed by atoms with van der Waals surface area (Å²) < 4.78 is 1.25. The van der Waals surface area contributed by atoms with Crippen molar-refractivity contribution >= 4 is 55.5 Å². The average Bonchev–Trinajstić information content (AvgIpc) is 2.77. The maximum Gasteiger partial charge on any atom is -0.0134 e. The van der Waals surface area contributed by atoms with Crippen LogP contribution in [0.15, 0.2) is 91.0 Å². The summed E-state index contributed by atoms with van der Waals surface area (Å²) in [5, 5.41) is 4.19. The first kappa shape index (κ1) is 25.9. The van der Waals surface area contributed by atoms with E-state index in [9.17, 15) is 0 Å². The molecule has 0 aliphatic rings. The Morgan fingerprint density at radius 3 is 1.21 bits per heavy atom. The second-order valence-electron chi connectivity index (χ2n) is 6.32. The molecule has 3 rings (SSSR count). The molecule has 28 heavy (non-hydrogen) atoms. The van der Waals surface area contributed by atoms with Gasteiger partial charge in [-0.15, -0.1) is 0 Å². The van der Waals surface area contributed by atoms with Crippen molar-refractivity contribution in [3.63, 3.8) is 0 Å². The Morgan fingerprint density at radius 2 is 1.04 bits per heavy atom. The van der Waals surface area contributed by atoms with Gasteiger partial charge in [0.05, 0.1) is 0 Å². The third-order valence-electron chi connectivity index (χ3n) is 4.17. The SMILES string of the molecule is CC(C[Te])N(C)C.[Cl][Pt].c1ccc(P(c2ccccc2)c2ccccc2)cc1. The van der Waals surface area contributed by atoms with E-state index in [-0.39, 0.29) is 0 Å². The third-order valence-corrected chi connectivity index (χ3v) is 7.99. The van der Waals surface area contributed by atoms with Gasteiger partial charge >= 0.3 is 86.9 Å². The monoisotopic (exact) mass is 708 g/mol. The van der Waals surface area contributed by atoms with E-state index in [1.54, 1.807) is 18.8 Å². The normalized spacial score (nSPS) is 11.2. The van der Waals surface area contributed by atoms with Gasteiger partial charge in [0, 0.05) is 0 Å². The van der Waals surface area contributed by atoms with Crippen molar-refractivity contribution in [2.45, 2.75) is 17.4 Å². The summed E-state index contributed by atoms with van der Waals surface area (Å²) in [4.78, 5) is 2.22. The molecule has 0 heterocycles. The molecule has 152 valence electrons. The zero-order valence-corrected chi connectivity index (χ0v) is 22.7. The van der Waals surface area contributed by atoms with E-state index in [2.05, 4.69) is 149 Å². The van der Waals surface area contributed by atoms with Gasteiger partial charge in [0.2, 0.25) is 0 Å². The van der Waals surface area contributed by atoms with Gasteiger partial charge in [-0.1, -0.05) is 91.0 Å². The van der Waals surface area contributed by atoms with E-state index in [0.717, 1.165) is 6.04 Å². The first-order chi connectivity index (χ1) is 13.6. The fourth-order valence-electron chi connectivity index (χ4n) is 2.33. The molecule has 5 heteroatoms. The molecule has 0 amide bonds. The van der Waals surface area contributed by atoms with Crippen molar-refractivity contribution < 1.29 is 18.8 Å². The standard InChI is InChI=1S/C18H15P.C5H12NTe.ClH.Pt/c1-4-10-16(11-5-1)19(17-12-6-2-7-13-17)18-14-8-3-9-15-18;1-5(4-7)6(2)3;;/h1-15H;5H,4H2,1-3H3;1H;/q;;;+1/p-1. The molecule has 0 spiro atoms. The number of rotatable bonds is 5. The van der Waals surface area contributed by atoms with Crippen LogP contribution in [0, 0.1) is 0 Å². The average molecular weight is 707 g/mol. The fraction of sp³-hybridized carbons (Fsp3) is 0.217. The predicted molar refractivity (Wildman–Crippen MR) is 125 cm³/mol. The summed E-state index contributed by atoms with van der Waals surface area (Å²) in [7, 11) is 8.38. The zero-order chi connectivity index (χ0) is 20.8. The second kappa shape index (κ2) is 15.6. The topological polar surface area (TPSA) is 3.24 Å². The summed E-state index contributed by atoms with van der Waals surface area (Å²) in [5.41, 5.74) is 0. The summed E-state index contributed by atoms with van der Waals surface area (Å²) in [6.07, 6.45) is 0. The molecule has 0 aliphatic heterocycles. The molecule has 0 aromatic heterocycles. The summed E-state index contributed by atoms with van der Waals surface area (Å²) in [6, 6.07) is 33.1. The van der Waals surface area contributed by atoms with Gasteiger partial charge in [-0.2, -0.15) is 0 Å². The smallest absolute Gasteiger partial charge is 0.0134 e. The maximum absolute atomic E-state index is 4.61. The van der Waals surface area contributed by atoms with Gasteiger partial charge in [-0.3, -0.25) is 0 Å². The fourth-order valence-corrected chi connectivity index (χ4v) is 5.48. The molecule has 0 fully saturated rings. The third kappa shape index (κ3) is 9.09. The van der Waals surface area contributed by atoms with Crippen LogP contribution in [0.1, 0.15) is 6.92 Å². The second-order valence-corrected chi connectivity index (χ2v) is 9.49. The van der Waals surface area contributed by atoms with Crippen LogP contribution < -0.4 is 15.9 Å². The van der Waals surface area contributed by atoms with Crippen LogP contribution in [0.2, 0.25) is 4.47 Å². The van der Waals surface area contributed by atoms with E-state index in [1.807, 2.05) is 0 Å². The van der Waals surface area contributed by atoms with Crippen molar-refractivity contribution in [1.29, 1.82) is 0 Å². The van der Waals surface area contributed by atoms with Crippen molar-refractivity contribution in [3.05, 3.63) is 91.0 Å². The molecule has 1 atom stereocenters. The minimum Gasteiger partial charge on any atom is -0.0622 e. The summed E-state index contributed by atoms with van der Waals surface area (Å²) >= 11 is 3.75. The molecule has 0 saturated carbocycles. The Balaban J connectivity index is 0.000000372. The van der Waals surface area contributed by atoms with Crippen LogP contribution in [-0.2, 0) is 18.8 Å². The zero-order valence-electron chi connectivity index (χ0n) is 16.4. The Kier molecular flexibility index (Phi) is 14.4. The van der Waals surface area contributed by atoms with E-state index in [1.165, 1.54) is 20.4 Å². The largest absolute Gasteiger partial charge is 0.0622 e. The van der Waals surface area contributed by atoms with Crippen molar-refractivity contribution in [1.82, 2.24) is 4.90 Å². The van der Waals surface area contributed by atoms with Gasteiger partial charge in [0.15, 0.2) is 0 Å². The van der Waals surface area contributed by atoms with Crippen molar-refractivity contribution in [3.8, 4) is 0 Å². The van der Waals surface area contributed by atoms with Crippen LogP contribution in [0.25, 0.3) is 0 Å². The molecular formula is C23H27ClNPPtTe. The quantitative estimate of drug-likeness (QED) is 0.276. The molecule has 0 aliphatic carbocycles. The Hall–Kier alpha value is -0.182. The number of halogens is 1. The number of nitrogens with zero attached hydrogens (tertiary/aromatic N) is 1. The van der Waals surface area contributed by atoms with Gasteiger partial charge in [-0.05, 0) is 23.8 Å². The van der Waals surface area contributed by atoms with Crippen molar-refractivity contribution in [2.75, 3.05) is 14.1 Å². The van der Waals surface area contributed by atoms with Crippen LogP contribution in [0.4, 0.5) is 0 Å². The first-order valence-corrected chi connectivity index (χ1v) is 14.8. The molecule has 1 radical (unpaired) electrons. The predicted octanol–water partition coefficient (Wildman–Crippen LogP) is 4.66. The molecule has 3 aromatic rings. The van der Waals surface area contributed by atoms with Gasteiger partial charge in [-0.25, -0.2) is 0 Å². The Labute approximate surface area is 200 Å². The molecule has 3 aromatic carbocycles. The molecule has 0 saturated heterocycles. The molecule has 1 nitrogen and oxygen atoms in total. The minimum atomic E-state index is -0.446. The Bertz CT molecular complexity index is 650. The number of benzene rings is 3. The summed E-state index contributed by atoms with van der Waals surface area (Å²) in [6.45, 7) is 2.22. The van der Waals surface area contributed by atoms with Crippen LogP contribution >= 0.6 is 17.3 Å². The molecule has 1 unspecified atom stereocenters. The summed E-state index contributed by atoms with van der Waals surface area (Å²) in [5.74, 6) is 0. The molecule has 0 N–H and O–H groups in total. The van der Waals surface area contributed by atoms with Crippen LogP contribution in [0.3, 0.4) is 0 Å². The first-order valence-electron chi connectivity index (χ1n) is 8.95. The molecular weight excluding hydrogens is 679 g/mol. The van der Waals surface area contributed by atoms with E-state index in [0.29, 0.717) is 0 Å².